The number of alkyl halides is 3. The van der Waals surface area contributed by atoms with E-state index in [1.807, 2.05) is 12.1 Å². The molecule has 3 atom stereocenters. The van der Waals surface area contributed by atoms with Crippen LogP contribution in [-0.2, 0) is 4.79 Å². The average molecular weight is 374 g/mol. The number of likely N-dealkylation sites (tertiary alicyclic amines) is 1. The third kappa shape index (κ3) is 4.39. The van der Waals surface area contributed by atoms with E-state index in [2.05, 4.69) is 5.32 Å². The van der Waals surface area contributed by atoms with Crippen molar-refractivity contribution in [3.8, 4) is 11.5 Å². The highest BCUT2D eigenvalue weighted by atomic mass is 19.4. The Morgan fingerprint density at radius 2 is 2.08 bits per heavy atom. The highest BCUT2D eigenvalue weighted by Gasteiger charge is 2.47. The lowest BCUT2D eigenvalue weighted by Gasteiger charge is -2.30. The third-order valence-electron chi connectivity index (χ3n) is 4.56. The summed E-state index contributed by atoms with van der Waals surface area (Å²) in [7, 11) is 0. The Morgan fingerprint density at radius 3 is 2.81 bits per heavy atom. The lowest BCUT2D eigenvalue weighted by Crippen LogP contribution is -2.50. The van der Waals surface area contributed by atoms with E-state index in [1.54, 1.807) is 12.1 Å². The van der Waals surface area contributed by atoms with E-state index in [-0.39, 0.29) is 32.2 Å². The van der Waals surface area contributed by atoms with Gasteiger partial charge in [-0.2, -0.15) is 13.2 Å². The largest absolute Gasteiger partial charge is 0.486 e. The van der Waals surface area contributed by atoms with Gasteiger partial charge in [0.1, 0.15) is 12.7 Å². The molecule has 1 aromatic rings. The van der Waals surface area contributed by atoms with Crippen molar-refractivity contribution in [2.45, 2.75) is 37.3 Å². The van der Waals surface area contributed by atoms with Crippen molar-refractivity contribution in [2.75, 3.05) is 26.2 Å². The molecule has 1 fully saturated rings. The van der Waals surface area contributed by atoms with E-state index in [9.17, 15) is 23.1 Å². The Hall–Kier alpha value is -2.00. The van der Waals surface area contributed by atoms with E-state index in [4.69, 9.17) is 9.47 Å². The van der Waals surface area contributed by atoms with Gasteiger partial charge in [0.25, 0.3) is 0 Å². The minimum Gasteiger partial charge on any atom is -0.486 e. The first kappa shape index (κ1) is 18.8. The number of nitrogens with zero attached hydrogens (tertiary/aromatic N) is 1. The van der Waals surface area contributed by atoms with Crippen molar-refractivity contribution in [3.05, 3.63) is 24.3 Å². The van der Waals surface area contributed by atoms with Gasteiger partial charge in [-0.25, -0.2) is 0 Å². The summed E-state index contributed by atoms with van der Waals surface area (Å²) in [6.07, 6.45) is -6.77. The average Bonchev–Trinajstić information content (AvgIpc) is 3.06. The number of ether oxygens (including phenoxy) is 2. The number of fused-ring (bicyclic) bond motifs is 1. The fourth-order valence-electron chi connectivity index (χ4n) is 3.26. The molecule has 0 aliphatic carbocycles. The van der Waals surface area contributed by atoms with Gasteiger partial charge < -0.3 is 19.9 Å². The first-order valence-electron chi connectivity index (χ1n) is 8.48. The number of carbonyl (C=O) groups is 1. The van der Waals surface area contributed by atoms with E-state index in [0.717, 1.165) is 0 Å². The Balaban J connectivity index is 1.47. The van der Waals surface area contributed by atoms with Gasteiger partial charge in [-0.1, -0.05) is 12.1 Å². The van der Waals surface area contributed by atoms with Gasteiger partial charge in [-0.05, 0) is 31.5 Å². The molecule has 2 aliphatic rings. The molecule has 1 amide bonds. The maximum absolute atomic E-state index is 12.7. The predicted octanol–water partition coefficient (Wildman–Crippen LogP) is 1.33. The number of hydrogen-bond donors (Lipinski definition) is 2. The molecule has 9 heteroatoms. The van der Waals surface area contributed by atoms with Crippen molar-refractivity contribution in [2.24, 2.45) is 0 Å². The minimum absolute atomic E-state index is 0.188. The molecule has 2 N–H and O–H groups in total. The summed E-state index contributed by atoms with van der Waals surface area (Å²) in [5.74, 6) is 0.816. The number of nitrogens with one attached hydrogen (secondary N) is 1. The number of aliphatic hydroxyl groups is 1. The fourth-order valence-corrected chi connectivity index (χ4v) is 3.26. The van der Waals surface area contributed by atoms with Gasteiger partial charge in [-0.3, -0.25) is 9.69 Å². The minimum atomic E-state index is -4.69. The smallest absolute Gasteiger partial charge is 0.415 e. The summed E-state index contributed by atoms with van der Waals surface area (Å²) in [6.45, 7) is 0.619. The van der Waals surface area contributed by atoms with Crippen molar-refractivity contribution in [3.63, 3.8) is 0 Å². The zero-order valence-corrected chi connectivity index (χ0v) is 14.0. The molecule has 0 radical (unpaired) electrons. The summed E-state index contributed by atoms with van der Waals surface area (Å²) in [4.78, 5) is 13.5. The van der Waals surface area contributed by atoms with Crippen LogP contribution in [0.2, 0.25) is 0 Å². The van der Waals surface area contributed by atoms with Crippen molar-refractivity contribution >= 4 is 5.91 Å². The van der Waals surface area contributed by atoms with Crippen LogP contribution in [-0.4, -0.2) is 66.6 Å². The molecule has 0 bridgehead atoms. The standard InChI is InChI=1S/C17H21F3N2O4/c18-17(19,20)16(24)12-4-3-7-22(12)9-15(23)21-8-11-10-25-13-5-1-2-6-14(13)26-11/h1-2,5-6,11-12,16,24H,3-4,7-10H2,(H,21,23)/t11-,12-,16-/m1/s1. The predicted molar refractivity (Wildman–Crippen MR) is 86.0 cm³/mol. The van der Waals surface area contributed by atoms with Crippen LogP contribution in [0.3, 0.4) is 0 Å². The lowest BCUT2D eigenvalue weighted by atomic mass is 10.1. The number of para-hydroxylation sites is 2. The number of rotatable bonds is 5. The molecule has 6 nitrogen and oxygen atoms in total. The molecule has 0 saturated carbocycles. The number of aliphatic hydroxyl groups excluding tert-OH is 1. The molecule has 1 aromatic carbocycles. The molecule has 1 saturated heterocycles. The molecule has 144 valence electrons. The van der Waals surface area contributed by atoms with Crippen molar-refractivity contribution in [1.82, 2.24) is 10.2 Å². The summed E-state index contributed by atoms with van der Waals surface area (Å²) in [5, 5.41) is 12.1. The van der Waals surface area contributed by atoms with Gasteiger partial charge in [0.05, 0.1) is 13.1 Å². The van der Waals surface area contributed by atoms with E-state index in [0.29, 0.717) is 24.5 Å². The molecule has 0 aromatic heterocycles. The van der Waals surface area contributed by atoms with Crippen LogP contribution in [0, 0.1) is 0 Å². The van der Waals surface area contributed by atoms with E-state index >= 15 is 0 Å². The third-order valence-corrected chi connectivity index (χ3v) is 4.56. The molecule has 3 rings (SSSR count). The summed E-state index contributed by atoms with van der Waals surface area (Å²) in [5.41, 5.74) is 0. The van der Waals surface area contributed by atoms with Crippen molar-refractivity contribution < 1.29 is 32.5 Å². The lowest BCUT2D eigenvalue weighted by molar-refractivity contribution is -0.219. The van der Waals surface area contributed by atoms with Crippen LogP contribution in [0.1, 0.15) is 12.8 Å². The SMILES string of the molecule is O=C(CN1CCC[C@@H]1[C@@H](O)C(F)(F)F)NC[C@@H]1COc2ccccc2O1. The second kappa shape index (κ2) is 7.71. The number of benzene rings is 1. The molecule has 26 heavy (non-hydrogen) atoms. The van der Waals surface area contributed by atoms with Gasteiger partial charge in [0.15, 0.2) is 17.6 Å². The van der Waals surface area contributed by atoms with Gasteiger partial charge in [-0.15, -0.1) is 0 Å². The van der Waals surface area contributed by atoms with Crippen LogP contribution in [0.4, 0.5) is 13.2 Å². The van der Waals surface area contributed by atoms with Crippen LogP contribution < -0.4 is 14.8 Å². The monoisotopic (exact) mass is 374 g/mol. The van der Waals surface area contributed by atoms with Crippen LogP contribution >= 0.6 is 0 Å². The van der Waals surface area contributed by atoms with E-state index < -0.39 is 24.2 Å². The maximum Gasteiger partial charge on any atom is 0.415 e. The number of carbonyl (C=O) groups excluding carboxylic acids is 1. The first-order chi connectivity index (χ1) is 12.3. The molecular weight excluding hydrogens is 353 g/mol. The van der Waals surface area contributed by atoms with Crippen molar-refractivity contribution in [1.29, 1.82) is 0 Å². The molecular formula is C17H21F3N2O4. The maximum atomic E-state index is 12.7. The Bertz CT molecular complexity index is 641. The quantitative estimate of drug-likeness (QED) is 0.814. The fraction of sp³-hybridized carbons (Fsp3) is 0.588. The normalized spacial score (nSPS) is 24.3. The number of amides is 1. The van der Waals surface area contributed by atoms with Crippen LogP contribution in [0.25, 0.3) is 0 Å². The highest BCUT2D eigenvalue weighted by Crippen LogP contribution is 2.31. The van der Waals surface area contributed by atoms with Gasteiger partial charge in [0.2, 0.25) is 5.91 Å². The first-order valence-corrected chi connectivity index (χ1v) is 8.48. The highest BCUT2D eigenvalue weighted by molar-refractivity contribution is 5.78. The zero-order valence-electron chi connectivity index (χ0n) is 14.0. The molecule has 0 unspecified atom stereocenters. The molecule has 0 spiro atoms. The van der Waals surface area contributed by atoms with E-state index in [1.165, 1.54) is 4.90 Å². The Labute approximate surface area is 148 Å². The van der Waals surface area contributed by atoms with Gasteiger partial charge >= 0.3 is 6.18 Å². The zero-order chi connectivity index (χ0) is 18.7. The second-order valence-electron chi connectivity index (χ2n) is 6.47. The Kier molecular flexibility index (Phi) is 5.57. The summed E-state index contributed by atoms with van der Waals surface area (Å²) in [6, 6.07) is 6.09. The second-order valence-corrected chi connectivity index (χ2v) is 6.47. The van der Waals surface area contributed by atoms with Gasteiger partial charge in [0, 0.05) is 6.04 Å². The van der Waals surface area contributed by atoms with Crippen LogP contribution in [0.15, 0.2) is 24.3 Å². The topological polar surface area (TPSA) is 71.0 Å². The summed E-state index contributed by atoms with van der Waals surface area (Å²) < 4.78 is 49.4. The summed E-state index contributed by atoms with van der Waals surface area (Å²) >= 11 is 0. The number of halogens is 3. The molecule has 2 heterocycles. The number of hydrogen-bond acceptors (Lipinski definition) is 5. The van der Waals surface area contributed by atoms with Crippen LogP contribution in [0.5, 0.6) is 11.5 Å². The Morgan fingerprint density at radius 1 is 1.35 bits per heavy atom. The molecule has 2 aliphatic heterocycles.